The number of rotatable bonds is 6. The highest BCUT2D eigenvalue weighted by Gasteiger charge is 2.16. The van der Waals surface area contributed by atoms with E-state index in [1.54, 1.807) is 11.3 Å². The lowest BCUT2D eigenvalue weighted by Crippen LogP contribution is -2.25. The third-order valence-electron chi connectivity index (χ3n) is 2.93. The van der Waals surface area contributed by atoms with Gasteiger partial charge in [-0.1, -0.05) is 13.3 Å². The minimum Gasteiger partial charge on any atom is -0.355 e. The first kappa shape index (κ1) is 12.7. The summed E-state index contributed by atoms with van der Waals surface area (Å²) in [6.45, 7) is 6.42. The number of fused-ring (bicyclic) bond motifs is 1. The zero-order chi connectivity index (χ0) is 12.3. The quantitative estimate of drug-likeness (QED) is 0.746. The zero-order valence-electron chi connectivity index (χ0n) is 10.3. The molecule has 0 aliphatic rings. The fourth-order valence-corrected chi connectivity index (χ4v) is 2.94. The Morgan fingerprint density at radius 2 is 2.29 bits per heavy atom. The lowest BCUT2D eigenvalue weighted by molar-refractivity contribution is 0.723. The van der Waals surface area contributed by atoms with Gasteiger partial charge in [0.15, 0.2) is 10.8 Å². The molecule has 2 aromatic rings. The van der Waals surface area contributed by atoms with Gasteiger partial charge in [0.2, 0.25) is 0 Å². The predicted octanol–water partition coefficient (Wildman–Crippen LogP) is 3.76. The van der Waals surface area contributed by atoms with Crippen LogP contribution in [0, 0.1) is 0 Å². The molecule has 2 heterocycles. The van der Waals surface area contributed by atoms with E-state index >= 15 is 0 Å². The normalized spacial score (nSPS) is 11.2. The highest BCUT2D eigenvalue weighted by atomic mass is 35.5. The van der Waals surface area contributed by atoms with E-state index in [0.29, 0.717) is 5.88 Å². The van der Waals surface area contributed by atoms with Crippen LogP contribution in [-0.2, 0) is 5.88 Å². The number of aromatic nitrogens is 2. The molecule has 0 aromatic carbocycles. The minimum absolute atomic E-state index is 0.510. The molecule has 0 fully saturated rings. The van der Waals surface area contributed by atoms with Gasteiger partial charge in [-0.3, -0.25) is 4.40 Å². The van der Waals surface area contributed by atoms with Gasteiger partial charge in [0.25, 0.3) is 0 Å². The summed E-state index contributed by atoms with van der Waals surface area (Å²) in [5.41, 5.74) is 1.11. The Morgan fingerprint density at radius 1 is 1.47 bits per heavy atom. The molecule has 17 heavy (non-hydrogen) atoms. The molecule has 3 nitrogen and oxygen atoms in total. The number of thiazole rings is 1. The van der Waals surface area contributed by atoms with E-state index in [9.17, 15) is 0 Å². The second kappa shape index (κ2) is 5.74. The van der Waals surface area contributed by atoms with Crippen LogP contribution in [0.15, 0.2) is 11.6 Å². The molecule has 0 aliphatic carbocycles. The Balaban J connectivity index is 2.34. The van der Waals surface area contributed by atoms with Gasteiger partial charge in [-0.25, -0.2) is 4.98 Å². The van der Waals surface area contributed by atoms with Crippen LogP contribution in [0.2, 0.25) is 0 Å². The van der Waals surface area contributed by atoms with Crippen molar-refractivity contribution in [3.63, 3.8) is 0 Å². The number of alkyl halides is 1. The first-order chi connectivity index (χ1) is 8.31. The molecule has 0 amide bonds. The van der Waals surface area contributed by atoms with Crippen molar-refractivity contribution in [3.05, 3.63) is 17.3 Å². The van der Waals surface area contributed by atoms with E-state index in [0.717, 1.165) is 29.6 Å². The molecule has 0 aliphatic heterocycles. The van der Waals surface area contributed by atoms with Crippen molar-refractivity contribution in [2.45, 2.75) is 32.6 Å². The van der Waals surface area contributed by atoms with Crippen molar-refractivity contribution in [2.24, 2.45) is 0 Å². The summed E-state index contributed by atoms with van der Waals surface area (Å²) in [5.74, 6) is 1.57. The van der Waals surface area contributed by atoms with Gasteiger partial charge in [-0.2, -0.15) is 0 Å². The molecule has 94 valence electrons. The van der Waals surface area contributed by atoms with Crippen molar-refractivity contribution >= 4 is 33.7 Å². The van der Waals surface area contributed by atoms with Gasteiger partial charge in [0, 0.05) is 24.7 Å². The van der Waals surface area contributed by atoms with Crippen LogP contribution in [0.4, 0.5) is 5.82 Å². The van der Waals surface area contributed by atoms with Crippen molar-refractivity contribution in [3.8, 4) is 0 Å². The van der Waals surface area contributed by atoms with Crippen LogP contribution in [0.5, 0.6) is 0 Å². The van der Waals surface area contributed by atoms with Gasteiger partial charge in [0.05, 0.1) is 11.6 Å². The average molecular weight is 272 g/mol. The Morgan fingerprint density at radius 3 is 2.94 bits per heavy atom. The standard InChI is InChI=1S/C12H18ClN3S/c1-3-5-6-15(4-2)11-10(9-13)16-7-8-17-12(16)14-11/h7-8H,3-6,9H2,1-2H3. The molecule has 0 saturated carbocycles. The summed E-state index contributed by atoms with van der Waals surface area (Å²) in [5, 5.41) is 2.05. The number of nitrogens with zero attached hydrogens (tertiary/aromatic N) is 3. The summed E-state index contributed by atoms with van der Waals surface area (Å²) in [7, 11) is 0. The van der Waals surface area contributed by atoms with Crippen molar-refractivity contribution in [2.75, 3.05) is 18.0 Å². The summed E-state index contributed by atoms with van der Waals surface area (Å²) in [6.07, 6.45) is 4.44. The number of unbranched alkanes of at least 4 members (excludes halogenated alkanes) is 1. The molecule has 0 atom stereocenters. The molecule has 0 radical (unpaired) electrons. The molecule has 5 heteroatoms. The Bertz CT molecular complexity index is 477. The van der Waals surface area contributed by atoms with Crippen LogP contribution in [0.3, 0.4) is 0 Å². The van der Waals surface area contributed by atoms with Crippen molar-refractivity contribution < 1.29 is 0 Å². The topological polar surface area (TPSA) is 20.5 Å². The Labute approximate surface area is 111 Å². The van der Waals surface area contributed by atoms with Crippen LogP contribution in [-0.4, -0.2) is 22.5 Å². The van der Waals surface area contributed by atoms with Crippen LogP contribution in [0.25, 0.3) is 4.96 Å². The molecule has 0 saturated heterocycles. The van der Waals surface area contributed by atoms with E-state index in [1.807, 2.05) is 11.6 Å². The molecule has 0 spiro atoms. The summed E-state index contributed by atoms with van der Waals surface area (Å²) < 4.78 is 2.10. The smallest absolute Gasteiger partial charge is 0.195 e. The molecule has 0 unspecified atom stereocenters. The molecule has 0 bridgehead atoms. The van der Waals surface area contributed by atoms with Gasteiger partial charge >= 0.3 is 0 Å². The largest absolute Gasteiger partial charge is 0.355 e. The Kier molecular flexibility index (Phi) is 4.29. The predicted molar refractivity (Wildman–Crippen MR) is 75.4 cm³/mol. The Hall–Kier alpha value is -0.740. The lowest BCUT2D eigenvalue weighted by atomic mass is 10.3. The first-order valence-electron chi connectivity index (χ1n) is 6.07. The van der Waals surface area contributed by atoms with E-state index < -0.39 is 0 Å². The number of hydrogen-bond acceptors (Lipinski definition) is 3. The average Bonchev–Trinajstić information content (AvgIpc) is 2.90. The monoisotopic (exact) mass is 271 g/mol. The fourth-order valence-electron chi connectivity index (χ4n) is 1.96. The van der Waals surface area contributed by atoms with Gasteiger partial charge in [-0.15, -0.1) is 22.9 Å². The second-order valence-electron chi connectivity index (χ2n) is 4.00. The van der Waals surface area contributed by atoms with E-state index in [4.69, 9.17) is 16.6 Å². The van der Waals surface area contributed by atoms with Gasteiger partial charge in [0.1, 0.15) is 0 Å². The highest BCUT2D eigenvalue weighted by molar-refractivity contribution is 7.15. The number of imidazole rings is 1. The number of anilines is 1. The SMILES string of the molecule is CCCCN(CC)c1nc2sccn2c1CCl. The maximum Gasteiger partial charge on any atom is 0.195 e. The third-order valence-corrected chi connectivity index (χ3v) is 3.94. The lowest BCUT2D eigenvalue weighted by Gasteiger charge is -2.21. The summed E-state index contributed by atoms with van der Waals surface area (Å²) in [6, 6.07) is 0. The summed E-state index contributed by atoms with van der Waals surface area (Å²) in [4.78, 5) is 8.04. The minimum atomic E-state index is 0.510. The number of hydrogen-bond donors (Lipinski definition) is 0. The molecule has 0 N–H and O–H groups in total. The first-order valence-corrected chi connectivity index (χ1v) is 7.48. The molecule has 2 aromatic heterocycles. The van der Waals surface area contributed by atoms with E-state index in [-0.39, 0.29) is 0 Å². The van der Waals surface area contributed by atoms with Crippen LogP contribution < -0.4 is 4.90 Å². The van der Waals surface area contributed by atoms with Gasteiger partial charge in [-0.05, 0) is 13.3 Å². The van der Waals surface area contributed by atoms with Crippen LogP contribution >= 0.6 is 22.9 Å². The maximum atomic E-state index is 6.06. The van der Waals surface area contributed by atoms with E-state index in [2.05, 4.69) is 23.1 Å². The maximum absolute atomic E-state index is 6.06. The number of halogens is 1. The van der Waals surface area contributed by atoms with Crippen molar-refractivity contribution in [1.82, 2.24) is 9.38 Å². The molecule has 2 rings (SSSR count). The summed E-state index contributed by atoms with van der Waals surface area (Å²) >= 11 is 7.72. The zero-order valence-corrected chi connectivity index (χ0v) is 11.9. The highest BCUT2D eigenvalue weighted by Crippen LogP contribution is 2.26. The van der Waals surface area contributed by atoms with Crippen molar-refractivity contribution in [1.29, 1.82) is 0 Å². The van der Waals surface area contributed by atoms with Gasteiger partial charge < -0.3 is 4.90 Å². The molecular weight excluding hydrogens is 254 g/mol. The third kappa shape index (κ3) is 2.43. The fraction of sp³-hybridized carbons (Fsp3) is 0.583. The van der Waals surface area contributed by atoms with E-state index in [1.165, 1.54) is 12.8 Å². The molecular formula is C12H18ClN3S. The van der Waals surface area contributed by atoms with Crippen LogP contribution in [0.1, 0.15) is 32.4 Å². The second-order valence-corrected chi connectivity index (χ2v) is 5.14.